The van der Waals surface area contributed by atoms with Gasteiger partial charge in [-0.25, -0.2) is 0 Å². The quantitative estimate of drug-likeness (QED) is 0.581. The van der Waals surface area contributed by atoms with Crippen molar-refractivity contribution in [1.29, 1.82) is 0 Å². The Balaban J connectivity index is 3.32. The smallest absolute Gasteiger partial charge is 0.0666 e. The van der Waals surface area contributed by atoms with Crippen LogP contribution in [0.15, 0.2) is 0 Å². The molecule has 0 radical (unpaired) electrons. The molecule has 0 bridgehead atoms. The number of nitrogens with zero attached hydrogens (tertiary/aromatic N) is 1. The van der Waals surface area contributed by atoms with Crippen LogP contribution in [0.2, 0.25) is 0 Å². The van der Waals surface area contributed by atoms with Gasteiger partial charge in [-0.15, -0.1) is 0 Å². The van der Waals surface area contributed by atoms with Crippen LogP contribution in [-0.2, 0) is 4.74 Å². The highest BCUT2D eigenvalue weighted by molar-refractivity contribution is 4.60. The Hall–Kier alpha value is -0.120. The molecule has 0 fully saturated rings. The van der Waals surface area contributed by atoms with Crippen LogP contribution in [-0.4, -0.2) is 50.0 Å². The van der Waals surface area contributed by atoms with Crippen molar-refractivity contribution >= 4 is 0 Å². The SMILES string of the molecule is CCCC(O)CN(C)CCCOC. The molecule has 0 aliphatic heterocycles. The third-order valence-electron chi connectivity index (χ3n) is 2.03. The molecule has 0 amide bonds. The first kappa shape index (κ1) is 12.9. The average Bonchev–Trinajstić information content (AvgIpc) is 2.05. The summed E-state index contributed by atoms with van der Waals surface area (Å²) in [6, 6.07) is 0. The summed E-state index contributed by atoms with van der Waals surface area (Å²) in [4.78, 5) is 2.15. The van der Waals surface area contributed by atoms with Crippen molar-refractivity contribution in [3.63, 3.8) is 0 Å². The van der Waals surface area contributed by atoms with Gasteiger partial charge in [-0.3, -0.25) is 0 Å². The van der Waals surface area contributed by atoms with E-state index in [9.17, 15) is 5.11 Å². The molecule has 1 N–H and O–H groups in total. The van der Waals surface area contributed by atoms with Gasteiger partial charge in [-0.2, -0.15) is 0 Å². The number of hydrogen-bond acceptors (Lipinski definition) is 3. The Labute approximate surface area is 81.7 Å². The molecule has 0 aromatic rings. The van der Waals surface area contributed by atoms with Gasteiger partial charge in [0.1, 0.15) is 0 Å². The van der Waals surface area contributed by atoms with Gasteiger partial charge >= 0.3 is 0 Å². The number of hydrogen-bond donors (Lipinski definition) is 1. The van der Waals surface area contributed by atoms with E-state index in [2.05, 4.69) is 11.8 Å². The van der Waals surface area contributed by atoms with Gasteiger partial charge in [0.2, 0.25) is 0 Å². The number of aliphatic hydroxyl groups excluding tert-OH is 1. The molecular formula is C10H23NO2. The van der Waals surface area contributed by atoms with Gasteiger partial charge in [0.15, 0.2) is 0 Å². The van der Waals surface area contributed by atoms with E-state index in [4.69, 9.17) is 4.74 Å². The van der Waals surface area contributed by atoms with E-state index in [1.54, 1.807) is 7.11 Å². The summed E-state index contributed by atoms with van der Waals surface area (Å²) in [6.45, 7) is 4.66. The van der Waals surface area contributed by atoms with Crippen LogP contribution in [0.25, 0.3) is 0 Å². The molecule has 1 unspecified atom stereocenters. The van der Waals surface area contributed by atoms with Gasteiger partial charge in [0, 0.05) is 26.8 Å². The van der Waals surface area contributed by atoms with Crippen LogP contribution in [0.1, 0.15) is 26.2 Å². The zero-order valence-corrected chi connectivity index (χ0v) is 9.12. The third-order valence-corrected chi connectivity index (χ3v) is 2.03. The van der Waals surface area contributed by atoms with Crippen molar-refractivity contribution < 1.29 is 9.84 Å². The van der Waals surface area contributed by atoms with E-state index in [1.165, 1.54) is 0 Å². The minimum absolute atomic E-state index is 0.169. The van der Waals surface area contributed by atoms with E-state index >= 15 is 0 Å². The van der Waals surface area contributed by atoms with E-state index in [0.29, 0.717) is 0 Å². The lowest BCUT2D eigenvalue weighted by Crippen LogP contribution is -2.30. The van der Waals surface area contributed by atoms with E-state index in [-0.39, 0.29) is 6.10 Å². The maximum Gasteiger partial charge on any atom is 0.0666 e. The number of aliphatic hydroxyl groups is 1. The zero-order chi connectivity index (χ0) is 10.1. The van der Waals surface area contributed by atoms with Gasteiger partial charge in [-0.1, -0.05) is 13.3 Å². The molecular weight excluding hydrogens is 166 g/mol. The number of ether oxygens (including phenoxy) is 1. The molecule has 0 rings (SSSR count). The lowest BCUT2D eigenvalue weighted by atomic mass is 10.2. The van der Waals surface area contributed by atoms with Gasteiger partial charge in [-0.05, 0) is 19.9 Å². The topological polar surface area (TPSA) is 32.7 Å². The van der Waals surface area contributed by atoms with Crippen LogP contribution in [0.3, 0.4) is 0 Å². The van der Waals surface area contributed by atoms with Crippen molar-refractivity contribution in [2.24, 2.45) is 0 Å². The Morgan fingerprint density at radius 2 is 2.15 bits per heavy atom. The zero-order valence-electron chi connectivity index (χ0n) is 9.12. The van der Waals surface area contributed by atoms with Crippen molar-refractivity contribution in [2.75, 3.05) is 33.9 Å². The summed E-state index contributed by atoms with van der Waals surface area (Å²) in [5.41, 5.74) is 0. The molecule has 0 saturated heterocycles. The maximum atomic E-state index is 9.50. The number of rotatable bonds is 8. The fourth-order valence-corrected chi connectivity index (χ4v) is 1.35. The minimum Gasteiger partial charge on any atom is -0.392 e. The summed E-state index contributed by atoms with van der Waals surface area (Å²) in [6.07, 6.45) is 2.81. The summed E-state index contributed by atoms with van der Waals surface area (Å²) >= 11 is 0. The first-order valence-corrected chi connectivity index (χ1v) is 5.06. The number of likely N-dealkylation sites (N-methyl/N-ethyl adjacent to an activating group) is 1. The Bertz CT molecular complexity index is 109. The Kier molecular flexibility index (Phi) is 8.40. The van der Waals surface area contributed by atoms with Crippen LogP contribution in [0, 0.1) is 0 Å². The highest BCUT2D eigenvalue weighted by Crippen LogP contribution is 1.98. The standard InChI is InChI=1S/C10H23NO2/c1-4-6-10(12)9-11(2)7-5-8-13-3/h10,12H,4-9H2,1-3H3. The van der Waals surface area contributed by atoms with E-state index < -0.39 is 0 Å². The molecule has 13 heavy (non-hydrogen) atoms. The van der Waals surface area contributed by atoms with Gasteiger partial charge in [0.25, 0.3) is 0 Å². The van der Waals surface area contributed by atoms with Crippen molar-refractivity contribution in [3.05, 3.63) is 0 Å². The molecule has 0 aromatic carbocycles. The predicted octanol–water partition coefficient (Wildman–Crippen LogP) is 1.12. The predicted molar refractivity (Wildman–Crippen MR) is 54.9 cm³/mol. The highest BCUT2D eigenvalue weighted by Gasteiger charge is 2.06. The summed E-state index contributed by atoms with van der Waals surface area (Å²) in [5.74, 6) is 0. The molecule has 0 heterocycles. The largest absolute Gasteiger partial charge is 0.392 e. The van der Waals surface area contributed by atoms with Gasteiger partial charge in [0.05, 0.1) is 6.10 Å². The first-order valence-electron chi connectivity index (χ1n) is 5.06. The fraction of sp³-hybridized carbons (Fsp3) is 1.00. The van der Waals surface area contributed by atoms with Gasteiger partial charge < -0.3 is 14.7 Å². The first-order chi connectivity index (χ1) is 6.20. The molecule has 0 aromatic heterocycles. The lowest BCUT2D eigenvalue weighted by Gasteiger charge is -2.19. The molecule has 3 heteroatoms. The van der Waals surface area contributed by atoms with Crippen molar-refractivity contribution in [1.82, 2.24) is 4.90 Å². The minimum atomic E-state index is -0.169. The van der Waals surface area contributed by atoms with Crippen LogP contribution >= 0.6 is 0 Å². The molecule has 1 atom stereocenters. The second kappa shape index (κ2) is 8.48. The summed E-state index contributed by atoms with van der Waals surface area (Å²) in [5, 5.41) is 9.50. The highest BCUT2D eigenvalue weighted by atomic mass is 16.5. The second-order valence-electron chi connectivity index (χ2n) is 3.55. The summed E-state index contributed by atoms with van der Waals surface area (Å²) in [7, 11) is 3.75. The van der Waals surface area contributed by atoms with Crippen LogP contribution in [0.5, 0.6) is 0 Å². The molecule has 0 aliphatic rings. The molecule has 80 valence electrons. The van der Waals surface area contributed by atoms with Crippen molar-refractivity contribution in [2.45, 2.75) is 32.3 Å². The molecule has 0 aliphatic carbocycles. The van der Waals surface area contributed by atoms with E-state index in [0.717, 1.165) is 39.0 Å². The van der Waals surface area contributed by atoms with E-state index in [1.807, 2.05) is 7.05 Å². The molecule has 3 nitrogen and oxygen atoms in total. The Morgan fingerprint density at radius 3 is 2.69 bits per heavy atom. The molecule has 0 saturated carbocycles. The van der Waals surface area contributed by atoms with Crippen LogP contribution in [0.4, 0.5) is 0 Å². The van der Waals surface area contributed by atoms with Crippen molar-refractivity contribution in [3.8, 4) is 0 Å². The second-order valence-corrected chi connectivity index (χ2v) is 3.55. The molecule has 0 spiro atoms. The monoisotopic (exact) mass is 189 g/mol. The summed E-state index contributed by atoms with van der Waals surface area (Å²) < 4.78 is 4.96. The van der Waals surface area contributed by atoms with Crippen LogP contribution < -0.4 is 0 Å². The maximum absolute atomic E-state index is 9.50. The third kappa shape index (κ3) is 8.22. The lowest BCUT2D eigenvalue weighted by molar-refractivity contribution is 0.109. The number of methoxy groups -OCH3 is 1. The normalized spacial score (nSPS) is 13.6. The Morgan fingerprint density at radius 1 is 1.46 bits per heavy atom. The average molecular weight is 189 g/mol. The fourth-order valence-electron chi connectivity index (χ4n) is 1.35.